The Kier molecular flexibility index (Phi) is 5.29. The highest BCUT2D eigenvalue weighted by Crippen LogP contribution is 2.07. The van der Waals surface area contributed by atoms with Gasteiger partial charge < -0.3 is 16.0 Å². The van der Waals surface area contributed by atoms with Gasteiger partial charge in [0.25, 0.3) is 0 Å². The SMILES string of the molecule is Cc1csc(CNC(=O)NCC(=O)NC(C)(C)C)n1. The molecule has 3 N–H and O–H groups in total. The number of hydrogen-bond donors (Lipinski definition) is 3. The molecule has 1 aromatic rings. The van der Waals surface area contributed by atoms with Crippen LogP contribution in [0.3, 0.4) is 0 Å². The Labute approximate surface area is 117 Å². The van der Waals surface area contributed by atoms with Crippen molar-refractivity contribution in [1.29, 1.82) is 0 Å². The standard InChI is InChI=1S/C12H20N4O2S/c1-8-7-19-10(15-8)6-14-11(18)13-5-9(17)16-12(2,3)4/h7H,5-6H2,1-4H3,(H,16,17)(H2,13,14,18). The van der Waals surface area contributed by atoms with Crippen LogP contribution in [0.15, 0.2) is 5.38 Å². The number of carbonyl (C=O) groups excluding carboxylic acids is 2. The van der Waals surface area contributed by atoms with Gasteiger partial charge in [-0.25, -0.2) is 9.78 Å². The van der Waals surface area contributed by atoms with Crippen molar-refractivity contribution in [3.8, 4) is 0 Å². The van der Waals surface area contributed by atoms with Crippen LogP contribution in [-0.2, 0) is 11.3 Å². The summed E-state index contributed by atoms with van der Waals surface area (Å²) in [7, 11) is 0. The number of aromatic nitrogens is 1. The average Bonchev–Trinajstić information content (AvgIpc) is 2.67. The van der Waals surface area contributed by atoms with E-state index in [-0.39, 0.29) is 24.0 Å². The summed E-state index contributed by atoms with van der Waals surface area (Å²) >= 11 is 1.49. The van der Waals surface area contributed by atoms with Crippen LogP contribution in [0, 0.1) is 6.92 Å². The molecule has 19 heavy (non-hydrogen) atoms. The molecule has 0 fully saturated rings. The lowest BCUT2D eigenvalue weighted by molar-refractivity contribution is -0.121. The van der Waals surface area contributed by atoms with E-state index in [9.17, 15) is 9.59 Å². The van der Waals surface area contributed by atoms with Crippen molar-refractivity contribution < 1.29 is 9.59 Å². The first-order chi connectivity index (χ1) is 8.76. The summed E-state index contributed by atoms with van der Waals surface area (Å²) in [6, 6.07) is -0.378. The van der Waals surface area contributed by atoms with Crippen LogP contribution < -0.4 is 16.0 Å². The van der Waals surface area contributed by atoms with Gasteiger partial charge in [0.1, 0.15) is 5.01 Å². The van der Waals surface area contributed by atoms with Crippen molar-refractivity contribution in [1.82, 2.24) is 20.9 Å². The normalized spacial score (nSPS) is 10.9. The summed E-state index contributed by atoms with van der Waals surface area (Å²) in [6.07, 6.45) is 0. The van der Waals surface area contributed by atoms with Crippen LogP contribution in [-0.4, -0.2) is 29.0 Å². The minimum Gasteiger partial charge on any atom is -0.350 e. The number of aryl methyl sites for hydroxylation is 1. The second-order valence-electron chi connectivity index (χ2n) is 5.22. The van der Waals surface area contributed by atoms with Crippen LogP contribution in [0.2, 0.25) is 0 Å². The average molecular weight is 284 g/mol. The zero-order valence-corrected chi connectivity index (χ0v) is 12.5. The lowest BCUT2D eigenvalue weighted by atomic mass is 10.1. The highest BCUT2D eigenvalue weighted by atomic mass is 32.1. The second-order valence-corrected chi connectivity index (χ2v) is 6.16. The fourth-order valence-corrected chi connectivity index (χ4v) is 2.04. The fraction of sp³-hybridized carbons (Fsp3) is 0.583. The van der Waals surface area contributed by atoms with E-state index in [4.69, 9.17) is 0 Å². The Morgan fingerprint density at radius 2 is 2.00 bits per heavy atom. The number of thiazole rings is 1. The quantitative estimate of drug-likeness (QED) is 0.776. The molecule has 7 heteroatoms. The summed E-state index contributed by atoms with van der Waals surface area (Å²) in [6.45, 7) is 7.88. The summed E-state index contributed by atoms with van der Waals surface area (Å²) in [4.78, 5) is 27.2. The van der Waals surface area contributed by atoms with Gasteiger partial charge in [-0.2, -0.15) is 0 Å². The maximum atomic E-state index is 11.5. The van der Waals surface area contributed by atoms with Gasteiger partial charge in [0.05, 0.1) is 13.1 Å². The molecule has 0 aliphatic rings. The molecule has 0 aliphatic carbocycles. The summed E-state index contributed by atoms with van der Waals surface area (Å²) < 4.78 is 0. The van der Waals surface area contributed by atoms with E-state index >= 15 is 0 Å². The number of amides is 3. The Morgan fingerprint density at radius 1 is 1.32 bits per heavy atom. The number of nitrogens with one attached hydrogen (secondary N) is 3. The van der Waals surface area contributed by atoms with Gasteiger partial charge in [-0.3, -0.25) is 4.79 Å². The zero-order chi connectivity index (χ0) is 14.5. The molecule has 0 aliphatic heterocycles. The predicted molar refractivity (Wildman–Crippen MR) is 75.0 cm³/mol. The molecule has 0 radical (unpaired) electrons. The Hall–Kier alpha value is -1.63. The maximum absolute atomic E-state index is 11.5. The number of hydrogen-bond acceptors (Lipinski definition) is 4. The zero-order valence-electron chi connectivity index (χ0n) is 11.7. The molecule has 1 rings (SSSR count). The molecule has 0 aromatic carbocycles. The highest BCUT2D eigenvalue weighted by molar-refractivity contribution is 7.09. The van der Waals surface area contributed by atoms with E-state index in [1.165, 1.54) is 11.3 Å². The van der Waals surface area contributed by atoms with E-state index in [1.807, 2.05) is 33.1 Å². The first-order valence-electron chi connectivity index (χ1n) is 6.00. The second kappa shape index (κ2) is 6.51. The molecule has 0 saturated heterocycles. The molecule has 0 atom stereocenters. The van der Waals surface area contributed by atoms with Gasteiger partial charge in [-0.05, 0) is 27.7 Å². The van der Waals surface area contributed by atoms with Crippen LogP contribution in [0.25, 0.3) is 0 Å². The Bertz CT molecular complexity index is 451. The van der Waals surface area contributed by atoms with Crippen molar-refractivity contribution in [2.45, 2.75) is 39.8 Å². The molecule has 0 unspecified atom stereocenters. The molecule has 0 spiro atoms. The van der Waals surface area contributed by atoms with Gasteiger partial charge in [-0.1, -0.05) is 0 Å². The summed E-state index contributed by atoms with van der Waals surface area (Å²) in [5.74, 6) is -0.215. The molecule has 0 bridgehead atoms. The van der Waals surface area contributed by atoms with Gasteiger partial charge in [0.15, 0.2) is 0 Å². The summed E-state index contributed by atoms with van der Waals surface area (Å²) in [5.41, 5.74) is 0.639. The van der Waals surface area contributed by atoms with Crippen LogP contribution in [0.1, 0.15) is 31.5 Å². The minimum absolute atomic E-state index is 0.0417. The van der Waals surface area contributed by atoms with Crippen LogP contribution in [0.4, 0.5) is 4.79 Å². The molecule has 3 amide bonds. The highest BCUT2D eigenvalue weighted by Gasteiger charge is 2.14. The van der Waals surface area contributed by atoms with Gasteiger partial charge in [0, 0.05) is 16.6 Å². The lowest BCUT2D eigenvalue weighted by Gasteiger charge is -2.20. The number of carbonyl (C=O) groups is 2. The largest absolute Gasteiger partial charge is 0.350 e. The third-order valence-corrected chi connectivity index (χ3v) is 2.96. The molecule has 106 valence electrons. The van der Waals surface area contributed by atoms with Crippen LogP contribution >= 0.6 is 11.3 Å². The maximum Gasteiger partial charge on any atom is 0.315 e. The first-order valence-corrected chi connectivity index (χ1v) is 6.88. The van der Waals surface area contributed by atoms with E-state index < -0.39 is 0 Å². The minimum atomic E-state index is -0.378. The lowest BCUT2D eigenvalue weighted by Crippen LogP contribution is -2.47. The Balaban J connectivity index is 2.23. The van der Waals surface area contributed by atoms with Crippen molar-refractivity contribution in [2.75, 3.05) is 6.54 Å². The van der Waals surface area contributed by atoms with Crippen molar-refractivity contribution in [3.63, 3.8) is 0 Å². The van der Waals surface area contributed by atoms with Crippen molar-refractivity contribution in [2.24, 2.45) is 0 Å². The summed E-state index contributed by atoms with van der Waals surface area (Å²) in [5, 5.41) is 10.7. The molecular formula is C12H20N4O2S. The van der Waals surface area contributed by atoms with Crippen molar-refractivity contribution in [3.05, 3.63) is 16.1 Å². The monoisotopic (exact) mass is 284 g/mol. The van der Waals surface area contributed by atoms with E-state index in [0.717, 1.165) is 10.7 Å². The molecule has 6 nitrogen and oxygen atoms in total. The fourth-order valence-electron chi connectivity index (χ4n) is 1.33. The van der Waals surface area contributed by atoms with Gasteiger partial charge in [-0.15, -0.1) is 11.3 Å². The molecular weight excluding hydrogens is 264 g/mol. The Morgan fingerprint density at radius 3 is 2.53 bits per heavy atom. The molecule has 1 aromatic heterocycles. The van der Waals surface area contributed by atoms with Crippen molar-refractivity contribution >= 4 is 23.3 Å². The van der Waals surface area contributed by atoms with Crippen LogP contribution in [0.5, 0.6) is 0 Å². The van der Waals surface area contributed by atoms with E-state index in [0.29, 0.717) is 6.54 Å². The van der Waals surface area contributed by atoms with E-state index in [2.05, 4.69) is 20.9 Å². The molecule has 1 heterocycles. The topological polar surface area (TPSA) is 83.1 Å². The smallest absolute Gasteiger partial charge is 0.315 e. The van der Waals surface area contributed by atoms with Gasteiger partial charge >= 0.3 is 6.03 Å². The molecule has 0 saturated carbocycles. The number of nitrogens with zero attached hydrogens (tertiary/aromatic N) is 1. The number of rotatable bonds is 4. The first kappa shape index (κ1) is 15.4. The third kappa shape index (κ3) is 6.76. The predicted octanol–water partition coefficient (Wildman–Crippen LogP) is 1.17. The third-order valence-electron chi connectivity index (χ3n) is 1.99. The van der Waals surface area contributed by atoms with Gasteiger partial charge in [0.2, 0.25) is 5.91 Å². The number of urea groups is 1. The van der Waals surface area contributed by atoms with E-state index in [1.54, 1.807) is 0 Å².